The largest absolute Gasteiger partial charge is 0.481 e. The number of carboxylic acid groups (broad SMARTS) is 1. The second-order valence-corrected chi connectivity index (χ2v) is 5.73. The van der Waals surface area contributed by atoms with Crippen molar-refractivity contribution >= 4 is 5.97 Å². The Labute approximate surface area is 84.9 Å². The molecule has 14 heavy (non-hydrogen) atoms. The second-order valence-electron chi connectivity index (χ2n) is 5.73. The van der Waals surface area contributed by atoms with Gasteiger partial charge in [0.25, 0.3) is 0 Å². The Morgan fingerprint density at radius 1 is 1.43 bits per heavy atom. The highest BCUT2D eigenvalue weighted by Gasteiger charge is 2.53. The number of nitrogens with one attached hydrogen (secondary N) is 1. The molecular formula is C11H19NO2. The molecule has 1 aliphatic carbocycles. The van der Waals surface area contributed by atoms with E-state index < -0.39 is 5.97 Å². The maximum absolute atomic E-state index is 11.1. The third-order valence-corrected chi connectivity index (χ3v) is 3.99. The Morgan fingerprint density at radius 3 is 2.64 bits per heavy atom. The molecule has 2 atom stereocenters. The van der Waals surface area contributed by atoms with Gasteiger partial charge < -0.3 is 10.4 Å². The molecule has 0 bridgehead atoms. The zero-order chi connectivity index (χ0) is 10.4. The number of rotatable bonds is 1. The third-order valence-electron chi connectivity index (χ3n) is 3.99. The average molecular weight is 197 g/mol. The fourth-order valence-electron chi connectivity index (χ4n) is 3.32. The van der Waals surface area contributed by atoms with Crippen molar-refractivity contribution in [2.24, 2.45) is 16.7 Å². The summed E-state index contributed by atoms with van der Waals surface area (Å²) in [7, 11) is 0. The van der Waals surface area contributed by atoms with Gasteiger partial charge in [-0.2, -0.15) is 0 Å². The molecule has 2 N–H and O–H groups in total. The standard InChI is InChI=1S/C11H19NO2/c1-10(2)3-4-11(6-10)7-12-5-8(11)9(13)14/h8,12H,3-7H2,1-2H3,(H,13,14). The average Bonchev–Trinajstić information content (AvgIpc) is 2.57. The van der Waals surface area contributed by atoms with Crippen molar-refractivity contribution in [1.82, 2.24) is 5.32 Å². The van der Waals surface area contributed by atoms with E-state index in [9.17, 15) is 4.79 Å². The Balaban J connectivity index is 2.20. The van der Waals surface area contributed by atoms with Crippen molar-refractivity contribution in [3.8, 4) is 0 Å². The van der Waals surface area contributed by atoms with Crippen LogP contribution in [-0.2, 0) is 4.79 Å². The van der Waals surface area contributed by atoms with Crippen LogP contribution in [0, 0.1) is 16.7 Å². The third kappa shape index (κ3) is 1.44. The number of aliphatic carboxylic acids is 1. The number of hydrogen-bond acceptors (Lipinski definition) is 2. The monoisotopic (exact) mass is 197 g/mol. The molecule has 1 heterocycles. The molecule has 2 unspecified atom stereocenters. The van der Waals surface area contributed by atoms with Gasteiger partial charge in [0.15, 0.2) is 0 Å². The summed E-state index contributed by atoms with van der Waals surface area (Å²) in [6.45, 7) is 6.05. The predicted molar refractivity (Wildman–Crippen MR) is 54.1 cm³/mol. The smallest absolute Gasteiger partial charge is 0.308 e. The number of hydrogen-bond donors (Lipinski definition) is 2. The molecule has 2 rings (SSSR count). The lowest BCUT2D eigenvalue weighted by molar-refractivity contribution is -0.144. The maximum atomic E-state index is 11.1. The van der Waals surface area contributed by atoms with Gasteiger partial charge in [0.2, 0.25) is 0 Å². The summed E-state index contributed by atoms with van der Waals surface area (Å²) in [5.74, 6) is -0.781. The molecule has 1 saturated carbocycles. The van der Waals surface area contributed by atoms with Crippen LogP contribution in [0.2, 0.25) is 0 Å². The molecule has 0 amide bonds. The van der Waals surface area contributed by atoms with Crippen LogP contribution in [0.25, 0.3) is 0 Å². The molecule has 1 aliphatic heterocycles. The highest BCUT2D eigenvalue weighted by molar-refractivity contribution is 5.72. The van der Waals surface area contributed by atoms with E-state index in [1.165, 1.54) is 6.42 Å². The van der Waals surface area contributed by atoms with Crippen LogP contribution in [-0.4, -0.2) is 24.2 Å². The fourth-order valence-corrected chi connectivity index (χ4v) is 3.32. The SMILES string of the molecule is CC1(C)CCC2(CNCC2C(=O)O)C1. The Kier molecular flexibility index (Phi) is 2.11. The lowest BCUT2D eigenvalue weighted by Gasteiger charge is -2.29. The van der Waals surface area contributed by atoms with E-state index in [0.29, 0.717) is 12.0 Å². The van der Waals surface area contributed by atoms with E-state index in [-0.39, 0.29) is 11.3 Å². The number of carbonyl (C=O) groups is 1. The van der Waals surface area contributed by atoms with E-state index >= 15 is 0 Å². The number of carboxylic acids is 1. The second kappa shape index (κ2) is 2.96. The van der Waals surface area contributed by atoms with Gasteiger partial charge in [-0.25, -0.2) is 0 Å². The lowest BCUT2D eigenvalue weighted by atomic mass is 9.74. The van der Waals surface area contributed by atoms with Gasteiger partial charge in [-0.1, -0.05) is 13.8 Å². The fraction of sp³-hybridized carbons (Fsp3) is 0.909. The van der Waals surface area contributed by atoms with Gasteiger partial charge in [-0.3, -0.25) is 4.79 Å². The van der Waals surface area contributed by atoms with Crippen LogP contribution in [0.3, 0.4) is 0 Å². The van der Waals surface area contributed by atoms with Crippen LogP contribution in [0.5, 0.6) is 0 Å². The van der Waals surface area contributed by atoms with Crippen molar-refractivity contribution < 1.29 is 9.90 Å². The van der Waals surface area contributed by atoms with Crippen LogP contribution in [0.4, 0.5) is 0 Å². The van der Waals surface area contributed by atoms with Gasteiger partial charge in [0.05, 0.1) is 5.92 Å². The van der Waals surface area contributed by atoms with Gasteiger partial charge >= 0.3 is 5.97 Å². The van der Waals surface area contributed by atoms with Crippen molar-refractivity contribution in [3.05, 3.63) is 0 Å². The Hall–Kier alpha value is -0.570. The topological polar surface area (TPSA) is 49.3 Å². The highest BCUT2D eigenvalue weighted by Crippen LogP contribution is 2.54. The normalized spacial score (nSPS) is 40.6. The summed E-state index contributed by atoms with van der Waals surface area (Å²) >= 11 is 0. The minimum Gasteiger partial charge on any atom is -0.481 e. The summed E-state index contributed by atoms with van der Waals surface area (Å²) in [5.41, 5.74) is 0.384. The van der Waals surface area contributed by atoms with Crippen LogP contribution < -0.4 is 5.32 Å². The summed E-state index contributed by atoms with van der Waals surface area (Å²) in [6.07, 6.45) is 3.30. The molecule has 0 radical (unpaired) electrons. The molecule has 1 saturated heterocycles. The van der Waals surface area contributed by atoms with Crippen molar-refractivity contribution in [3.63, 3.8) is 0 Å². The first kappa shape index (κ1) is 9.97. The zero-order valence-electron chi connectivity index (χ0n) is 8.97. The Morgan fingerprint density at radius 2 is 2.14 bits per heavy atom. The molecule has 2 fully saturated rings. The summed E-state index contributed by atoms with van der Waals surface area (Å²) < 4.78 is 0. The zero-order valence-corrected chi connectivity index (χ0v) is 8.97. The van der Waals surface area contributed by atoms with Crippen LogP contribution in [0.15, 0.2) is 0 Å². The summed E-state index contributed by atoms with van der Waals surface area (Å²) in [5, 5.41) is 12.4. The molecule has 3 nitrogen and oxygen atoms in total. The first-order valence-corrected chi connectivity index (χ1v) is 5.39. The van der Waals surface area contributed by atoms with E-state index in [1.807, 2.05) is 0 Å². The van der Waals surface area contributed by atoms with Gasteiger partial charge in [0.1, 0.15) is 0 Å². The quantitative estimate of drug-likeness (QED) is 0.669. The van der Waals surface area contributed by atoms with Gasteiger partial charge in [-0.05, 0) is 30.1 Å². The first-order valence-electron chi connectivity index (χ1n) is 5.39. The molecule has 80 valence electrons. The van der Waals surface area contributed by atoms with Crippen molar-refractivity contribution in [2.75, 3.05) is 13.1 Å². The maximum Gasteiger partial charge on any atom is 0.308 e. The molecule has 0 aromatic carbocycles. The predicted octanol–water partition coefficient (Wildman–Crippen LogP) is 1.49. The molecule has 1 spiro atoms. The molecule has 0 aromatic rings. The van der Waals surface area contributed by atoms with E-state index in [2.05, 4.69) is 19.2 Å². The molecule has 0 aromatic heterocycles. The van der Waals surface area contributed by atoms with Crippen molar-refractivity contribution in [2.45, 2.75) is 33.1 Å². The molecule has 3 heteroatoms. The molecule has 2 aliphatic rings. The van der Waals surface area contributed by atoms with Crippen LogP contribution in [0.1, 0.15) is 33.1 Å². The minimum atomic E-state index is -0.618. The van der Waals surface area contributed by atoms with Crippen molar-refractivity contribution in [1.29, 1.82) is 0 Å². The molecular weight excluding hydrogens is 178 g/mol. The van der Waals surface area contributed by atoms with Gasteiger partial charge in [0, 0.05) is 13.1 Å². The Bertz CT molecular complexity index is 262. The summed E-state index contributed by atoms with van der Waals surface area (Å²) in [4.78, 5) is 11.1. The lowest BCUT2D eigenvalue weighted by Crippen LogP contribution is -2.33. The van der Waals surface area contributed by atoms with E-state index in [4.69, 9.17) is 5.11 Å². The van der Waals surface area contributed by atoms with Crippen LogP contribution >= 0.6 is 0 Å². The minimum absolute atomic E-state index is 0.0509. The van der Waals surface area contributed by atoms with E-state index in [1.54, 1.807) is 0 Å². The first-order chi connectivity index (χ1) is 6.45. The highest BCUT2D eigenvalue weighted by atomic mass is 16.4. The summed E-state index contributed by atoms with van der Waals surface area (Å²) in [6, 6.07) is 0. The van der Waals surface area contributed by atoms with Gasteiger partial charge in [-0.15, -0.1) is 0 Å². The van der Waals surface area contributed by atoms with E-state index in [0.717, 1.165) is 19.4 Å².